The summed E-state index contributed by atoms with van der Waals surface area (Å²) in [6.45, 7) is 0.608. The highest BCUT2D eigenvalue weighted by molar-refractivity contribution is 5.96. The van der Waals surface area contributed by atoms with E-state index in [-0.39, 0.29) is 11.9 Å². The van der Waals surface area contributed by atoms with Crippen LogP contribution < -0.4 is 20.7 Å². The molecule has 0 aromatic heterocycles. The number of imide groups is 1. The first-order valence-electron chi connectivity index (χ1n) is 8.33. The van der Waals surface area contributed by atoms with Gasteiger partial charge in [0.25, 0.3) is 5.91 Å². The van der Waals surface area contributed by atoms with Crippen LogP contribution in [-0.2, 0) is 4.79 Å². The van der Waals surface area contributed by atoms with E-state index in [2.05, 4.69) is 10.6 Å². The lowest BCUT2D eigenvalue weighted by atomic mass is 9.97. The van der Waals surface area contributed by atoms with Gasteiger partial charge < -0.3 is 15.4 Å². The summed E-state index contributed by atoms with van der Waals surface area (Å²) < 4.78 is 5.70. The fourth-order valence-electron chi connectivity index (χ4n) is 3.06. The maximum absolute atomic E-state index is 12.7. The van der Waals surface area contributed by atoms with Gasteiger partial charge in [0, 0.05) is 19.0 Å². The molecule has 2 aromatic rings. The zero-order valence-corrected chi connectivity index (χ0v) is 14.1. The van der Waals surface area contributed by atoms with Crippen LogP contribution in [0.1, 0.15) is 29.6 Å². The molecule has 0 fully saturated rings. The predicted molar refractivity (Wildman–Crippen MR) is 93.0 cm³/mol. The second-order valence-electron chi connectivity index (χ2n) is 5.93. The summed E-state index contributed by atoms with van der Waals surface area (Å²) in [6.07, 6.45) is 0.799. The molecule has 2 atom stereocenters. The molecule has 3 rings (SSSR count). The largest absolute Gasteiger partial charge is 0.493 e. The van der Waals surface area contributed by atoms with Crippen molar-refractivity contribution in [3.63, 3.8) is 0 Å². The van der Waals surface area contributed by atoms with Crippen LogP contribution in [-0.4, -0.2) is 25.6 Å². The van der Waals surface area contributed by atoms with Crippen molar-refractivity contribution in [2.24, 2.45) is 0 Å². The van der Waals surface area contributed by atoms with Gasteiger partial charge in [-0.1, -0.05) is 42.5 Å². The first kappa shape index (κ1) is 17.0. The minimum atomic E-state index is -0.519. The Hall–Kier alpha value is -2.86. The number of carbonyl (C=O) groups excluding carboxylic acids is 2. The number of fused-ring (bicyclic) bond motifs is 1. The molecule has 130 valence electrons. The van der Waals surface area contributed by atoms with E-state index in [4.69, 9.17) is 4.74 Å². The normalized spacial score (nSPS) is 16.9. The third-order valence-electron chi connectivity index (χ3n) is 4.33. The number of hydrogen-bond acceptors (Lipinski definition) is 3. The summed E-state index contributed by atoms with van der Waals surface area (Å²) in [5, 5.41) is 6.82. The summed E-state index contributed by atoms with van der Waals surface area (Å²) in [7, 11) is 1.48. The first-order valence-corrected chi connectivity index (χ1v) is 8.33. The summed E-state index contributed by atoms with van der Waals surface area (Å²) in [6, 6.07) is 16.4. The van der Waals surface area contributed by atoms with Crippen molar-refractivity contribution in [2.75, 3.05) is 13.7 Å². The molecule has 6 heteroatoms. The second kappa shape index (κ2) is 7.81. The zero-order chi connectivity index (χ0) is 17.6. The minimum absolute atomic E-state index is 0.0885. The Balaban J connectivity index is 1.86. The summed E-state index contributed by atoms with van der Waals surface area (Å²) in [5.74, 6) is 0.517. The number of benzene rings is 2. The Morgan fingerprint density at radius 1 is 1.12 bits per heavy atom. The molecule has 0 bridgehead atoms. The van der Waals surface area contributed by atoms with E-state index in [0.717, 1.165) is 23.3 Å². The van der Waals surface area contributed by atoms with Gasteiger partial charge in [-0.05, 0) is 12.1 Å². The molecule has 3 amide bonds. The van der Waals surface area contributed by atoms with Crippen LogP contribution in [0.25, 0.3) is 0 Å². The number of para-hydroxylation sites is 1. The van der Waals surface area contributed by atoms with Gasteiger partial charge in [-0.2, -0.15) is 0 Å². The molecule has 0 aliphatic carbocycles. The molecule has 0 saturated carbocycles. The van der Waals surface area contributed by atoms with Crippen LogP contribution in [0.3, 0.4) is 0 Å². The third kappa shape index (κ3) is 3.97. The number of rotatable bonds is 4. The molecular formula is C19H22N3O3+. The second-order valence-corrected chi connectivity index (χ2v) is 5.93. The lowest BCUT2D eigenvalue weighted by Gasteiger charge is -2.27. The maximum Gasteiger partial charge on any atom is 0.321 e. The Kier molecular flexibility index (Phi) is 5.30. The molecule has 1 heterocycles. The summed E-state index contributed by atoms with van der Waals surface area (Å²) in [4.78, 5) is 24.2. The number of carbonyl (C=O) groups is 2. The van der Waals surface area contributed by atoms with Crippen molar-refractivity contribution in [3.8, 4) is 5.75 Å². The Morgan fingerprint density at radius 2 is 1.84 bits per heavy atom. The Morgan fingerprint density at radius 3 is 2.60 bits per heavy atom. The van der Waals surface area contributed by atoms with Gasteiger partial charge in [0.2, 0.25) is 0 Å². The number of ether oxygens (including phenoxy) is 1. The molecule has 0 saturated heterocycles. The van der Waals surface area contributed by atoms with E-state index in [0.29, 0.717) is 6.61 Å². The number of quaternary nitrogens is 1. The number of nitrogens with two attached hydrogens (primary N) is 1. The average molecular weight is 340 g/mol. The fraction of sp³-hybridized carbons (Fsp3) is 0.263. The van der Waals surface area contributed by atoms with E-state index in [9.17, 15) is 9.59 Å². The Bertz CT molecular complexity index is 749. The number of urea groups is 1. The smallest absolute Gasteiger partial charge is 0.321 e. The van der Waals surface area contributed by atoms with Gasteiger partial charge >= 0.3 is 6.03 Å². The number of amides is 3. The lowest BCUT2D eigenvalue weighted by molar-refractivity contribution is -0.723. The van der Waals surface area contributed by atoms with Crippen LogP contribution in [0, 0.1) is 0 Å². The topological polar surface area (TPSA) is 84.0 Å². The van der Waals surface area contributed by atoms with Crippen molar-refractivity contribution < 1.29 is 19.6 Å². The van der Waals surface area contributed by atoms with Crippen LogP contribution in [0.15, 0.2) is 54.6 Å². The van der Waals surface area contributed by atoms with E-state index in [1.54, 1.807) is 0 Å². The van der Waals surface area contributed by atoms with Crippen molar-refractivity contribution in [1.29, 1.82) is 0 Å². The average Bonchev–Trinajstić information content (AvgIpc) is 2.66. The van der Waals surface area contributed by atoms with Crippen molar-refractivity contribution in [2.45, 2.75) is 18.5 Å². The first-order chi connectivity index (χ1) is 12.2. The Labute approximate surface area is 146 Å². The van der Waals surface area contributed by atoms with Crippen molar-refractivity contribution in [1.82, 2.24) is 10.6 Å². The van der Waals surface area contributed by atoms with Crippen LogP contribution >= 0.6 is 0 Å². The van der Waals surface area contributed by atoms with E-state index in [1.807, 2.05) is 59.9 Å². The van der Waals surface area contributed by atoms with E-state index in [1.165, 1.54) is 7.05 Å². The van der Waals surface area contributed by atoms with Gasteiger partial charge in [-0.15, -0.1) is 0 Å². The highest BCUT2D eigenvalue weighted by Gasteiger charge is 2.32. The molecule has 1 aliphatic rings. The standard InChI is InChI=1S/C19H21N3O3/c1-20-19(24)22-18(23)17(13-7-3-2-4-8-13)21-15-11-12-25-16-10-6-5-9-14(15)16/h2-10,15,17,21H,11-12H2,1H3,(H2,20,22,23,24)/p+1/t15-,17+/m0/s1. The quantitative estimate of drug-likeness (QED) is 0.784. The van der Waals surface area contributed by atoms with Gasteiger partial charge in [-0.3, -0.25) is 10.1 Å². The lowest BCUT2D eigenvalue weighted by Crippen LogP contribution is -2.89. The van der Waals surface area contributed by atoms with Gasteiger partial charge in [0.1, 0.15) is 11.8 Å². The molecular weight excluding hydrogens is 318 g/mol. The molecule has 4 N–H and O–H groups in total. The minimum Gasteiger partial charge on any atom is -0.493 e. The van der Waals surface area contributed by atoms with Gasteiger partial charge in [-0.25, -0.2) is 4.79 Å². The SMILES string of the molecule is CNC(=O)NC(=O)[C@H]([NH2+][C@H]1CCOc2ccccc21)c1ccccc1. The van der Waals surface area contributed by atoms with Crippen LogP contribution in [0.5, 0.6) is 5.75 Å². The number of nitrogens with one attached hydrogen (secondary N) is 2. The predicted octanol–water partition coefficient (Wildman–Crippen LogP) is 1.27. The van der Waals surface area contributed by atoms with Gasteiger partial charge in [0.05, 0.1) is 12.2 Å². The molecule has 0 spiro atoms. The van der Waals surface area contributed by atoms with E-state index >= 15 is 0 Å². The molecule has 6 nitrogen and oxygen atoms in total. The number of hydrogen-bond donors (Lipinski definition) is 3. The maximum atomic E-state index is 12.7. The molecule has 2 aromatic carbocycles. The van der Waals surface area contributed by atoms with Gasteiger partial charge in [0.15, 0.2) is 6.04 Å². The van der Waals surface area contributed by atoms with E-state index < -0.39 is 12.1 Å². The highest BCUT2D eigenvalue weighted by Crippen LogP contribution is 2.29. The summed E-state index contributed by atoms with van der Waals surface area (Å²) >= 11 is 0. The van der Waals surface area contributed by atoms with Crippen LogP contribution in [0.4, 0.5) is 4.79 Å². The van der Waals surface area contributed by atoms with Crippen molar-refractivity contribution in [3.05, 3.63) is 65.7 Å². The third-order valence-corrected chi connectivity index (χ3v) is 4.33. The zero-order valence-electron chi connectivity index (χ0n) is 14.1. The van der Waals surface area contributed by atoms with Crippen molar-refractivity contribution >= 4 is 11.9 Å². The molecule has 25 heavy (non-hydrogen) atoms. The molecule has 0 unspecified atom stereocenters. The fourth-order valence-corrected chi connectivity index (χ4v) is 3.06. The monoisotopic (exact) mass is 340 g/mol. The molecule has 0 radical (unpaired) electrons. The summed E-state index contributed by atoms with van der Waals surface area (Å²) in [5.41, 5.74) is 1.93. The van der Waals surface area contributed by atoms with Crippen LogP contribution in [0.2, 0.25) is 0 Å². The highest BCUT2D eigenvalue weighted by atomic mass is 16.5. The molecule has 1 aliphatic heterocycles.